The van der Waals surface area contributed by atoms with E-state index in [1.54, 1.807) is 4.90 Å². The molecule has 3 rings (SSSR count). The Hall–Kier alpha value is -2.64. The molecule has 0 saturated heterocycles. The molecule has 0 bridgehead atoms. The number of esters is 1. The Bertz CT molecular complexity index is 777. The van der Waals surface area contributed by atoms with E-state index >= 15 is 0 Å². The van der Waals surface area contributed by atoms with Gasteiger partial charge in [-0.15, -0.1) is 0 Å². The van der Waals surface area contributed by atoms with Crippen LogP contribution in [0.5, 0.6) is 0 Å². The average molecular weight is 337 g/mol. The van der Waals surface area contributed by atoms with Gasteiger partial charge in [0.2, 0.25) is 5.95 Å². The lowest BCUT2D eigenvalue weighted by atomic mass is 10.0. The molecule has 1 aliphatic rings. The molecule has 0 unspecified atom stereocenters. The van der Waals surface area contributed by atoms with Crippen LogP contribution >= 0.6 is 0 Å². The van der Waals surface area contributed by atoms with Crippen molar-refractivity contribution in [2.75, 3.05) is 18.6 Å². The number of nitrogens with zero attached hydrogens (tertiary/aromatic N) is 3. The normalized spacial score (nSPS) is 14.2. The molecule has 0 amide bonds. The van der Waals surface area contributed by atoms with Gasteiger partial charge in [-0.25, -0.2) is 14.8 Å². The minimum absolute atomic E-state index is 0.0514. The average Bonchev–Trinajstić information content (AvgIpc) is 2.59. The molecule has 24 heavy (non-hydrogen) atoms. The third-order valence-corrected chi connectivity index (χ3v) is 3.86. The molecule has 0 atom stereocenters. The molecule has 2 heterocycles. The standard InChI is InChI=1S/C16H14F3N3O2/c1-24-14(23)12-8-20-15(21-13(12)16(17,18)19)22-7-6-10-4-2-3-5-11(10)9-22/h2-5,8H,6-7,9H2,1H3. The van der Waals surface area contributed by atoms with Gasteiger partial charge in [0.05, 0.1) is 7.11 Å². The minimum Gasteiger partial charge on any atom is -0.465 e. The number of rotatable bonds is 2. The van der Waals surface area contributed by atoms with Gasteiger partial charge in [-0.1, -0.05) is 24.3 Å². The molecule has 0 aliphatic carbocycles. The van der Waals surface area contributed by atoms with Gasteiger partial charge in [0, 0.05) is 19.3 Å². The van der Waals surface area contributed by atoms with Crippen molar-refractivity contribution in [1.82, 2.24) is 9.97 Å². The summed E-state index contributed by atoms with van der Waals surface area (Å²) < 4.78 is 44.0. The van der Waals surface area contributed by atoms with Gasteiger partial charge in [0.1, 0.15) is 5.56 Å². The summed E-state index contributed by atoms with van der Waals surface area (Å²) in [5, 5.41) is 0. The van der Waals surface area contributed by atoms with E-state index in [0.29, 0.717) is 19.5 Å². The van der Waals surface area contributed by atoms with E-state index in [-0.39, 0.29) is 5.95 Å². The predicted molar refractivity (Wildman–Crippen MR) is 79.6 cm³/mol. The van der Waals surface area contributed by atoms with Crippen LogP contribution in [0.25, 0.3) is 0 Å². The smallest absolute Gasteiger partial charge is 0.434 e. The molecular formula is C16H14F3N3O2. The quantitative estimate of drug-likeness (QED) is 0.789. The molecule has 2 aromatic rings. The van der Waals surface area contributed by atoms with Crippen molar-refractivity contribution in [3.8, 4) is 0 Å². The van der Waals surface area contributed by atoms with Crippen LogP contribution in [0.3, 0.4) is 0 Å². The van der Waals surface area contributed by atoms with Gasteiger partial charge in [0.25, 0.3) is 0 Å². The summed E-state index contributed by atoms with van der Waals surface area (Å²) >= 11 is 0. The topological polar surface area (TPSA) is 55.3 Å². The van der Waals surface area contributed by atoms with Crippen molar-refractivity contribution in [2.45, 2.75) is 19.1 Å². The first-order valence-electron chi connectivity index (χ1n) is 7.24. The Balaban J connectivity index is 1.97. The first kappa shape index (κ1) is 16.2. The Kier molecular flexibility index (Phi) is 4.13. The lowest BCUT2D eigenvalue weighted by molar-refractivity contribution is -0.141. The Labute approximate surface area is 136 Å². The number of benzene rings is 1. The van der Waals surface area contributed by atoms with Crippen LogP contribution in [0.2, 0.25) is 0 Å². The van der Waals surface area contributed by atoms with E-state index in [0.717, 1.165) is 24.4 Å². The van der Waals surface area contributed by atoms with Gasteiger partial charge in [-0.2, -0.15) is 13.2 Å². The Morgan fingerprint density at radius 1 is 1.25 bits per heavy atom. The summed E-state index contributed by atoms with van der Waals surface area (Å²) in [4.78, 5) is 20.7. The van der Waals surface area contributed by atoms with E-state index in [1.807, 2.05) is 24.3 Å². The van der Waals surface area contributed by atoms with Crippen molar-refractivity contribution in [1.29, 1.82) is 0 Å². The molecule has 1 aliphatic heterocycles. The highest BCUT2D eigenvalue weighted by molar-refractivity contribution is 5.90. The second-order valence-electron chi connectivity index (χ2n) is 5.36. The summed E-state index contributed by atoms with van der Waals surface area (Å²) in [6, 6.07) is 7.73. The number of anilines is 1. The second kappa shape index (κ2) is 6.10. The lowest BCUT2D eigenvalue weighted by Crippen LogP contribution is -2.32. The number of hydrogen-bond acceptors (Lipinski definition) is 5. The maximum Gasteiger partial charge on any atom is 0.434 e. The van der Waals surface area contributed by atoms with Gasteiger partial charge in [-0.05, 0) is 17.5 Å². The zero-order valence-corrected chi connectivity index (χ0v) is 12.8. The monoisotopic (exact) mass is 337 g/mol. The number of hydrogen-bond donors (Lipinski definition) is 0. The van der Waals surface area contributed by atoms with Gasteiger partial charge in [0.15, 0.2) is 5.69 Å². The van der Waals surface area contributed by atoms with Crippen LogP contribution in [0.1, 0.15) is 27.2 Å². The number of methoxy groups -OCH3 is 1. The number of fused-ring (bicyclic) bond motifs is 1. The fraction of sp³-hybridized carbons (Fsp3) is 0.312. The fourth-order valence-corrected chi connectivity index (χ4v) is 2.67. The molecule has 0 spiro atoms. The molecule has 5 nitrogen and oxygen atoms in total. The first-order chi connectivity index (χ1) is 11.4. The van der Waals surface area contributed by atoms with Crippen molar-refractivity contribution in [3.63, 3.8) is 0 Å². The van der Waals surface area contributed by atoms with Crippen LogP contribution in [0, 0.1) is 0 Å². The highest BCUT2D eigenvalue weighted by Gasteiger charge is 2.39. The summed E-state index contributed by atoms with van der Waals surface area (Å²) in [5.41, 5.74) is 0.221. The number of carbonyl (C=O) groups is 1. The lowest BCUT2D eigenvalue weighted by Gasteiger charge is -2.29. The third kappa shape index (κ3) is 3.04. The maximum atomic E-state index is 13.2. The Morgan fingerprint density at radius 3 is 2.62 bits per heavy atom. The van der Waals surface area contributed by atoms with Gasteiger partial charge in [-0.3, -0.25) is 0 Å². The molecule has 0 fully saturated rings. The van der Waals surface area contributed by atoms with E-state index < -0.39 is 23.4 Å². The van der Waals surface area contributed by atoms with Crippen LogP contribution in [-0.2, 0) is 23.9 Å². The van der Waals surface area contributed by atoms with Crippen LogP contribution in [-0.4, -0.2) is 29.6 Å². The molecule has 8 heteroatoms. The predicted octanol–water partition coefficient (Wildman–Crippen LogP) is 2.84. The number of alkyl halides is 3. The number of ether oxygens (including phenoxy) is 1. The number of halogens is 3. The first-order valence-corrected chi connectivity index (χ1v) is 7.24. The molecule has 1 aromatic carbocycles. The van der Waals surface area contributed by atoms with Crippen molar-refractivity contribution < 1.29 is 22.7 Å². The largest absolute Gasteiger partial charge is 0.465 e. The summed E-state index contributed by atoms with van der Waals surface area (Å²) in [5.74, 6) is -1.16. The van der Waals surface area contributed by atoms with Gasteiger partial charge < -0.3 is 9.64 Å². The summed E-state index contributed by atoms with van der Waals surface area (Å²) in [7, 11) is 1.01. The number of aromatic nitrogens is 2. The van der Waals surface area contributed by atoms with Crippen LogP contribution in [0.15, 0.2) is 30.5 Å². The molecule has 126 valence electrons. The van der Waals surface area contributed by atoms with E-state index in [9.17, 15) is 18.0 Å². The van der Waals surface area contributed by atoms with Crippen LogP contribution < -0.4 is 4.90 Å². The molecule has 0 radical (unpaired) electrons. The molecule has 0 saturated carbocycles. The third-order valence-electron chi connectivity index (χ3n) is 3.86. The van der Waals surface area contributed by atoms with E-state index in [4.69, 9.17) is 0 Å². The minimum atomic E-state index is -4.77. The molecular weight excluding hydrogens is 323 g/mol. The summed E-state index contributed by atoms with van der Waals surface area (Å²) in [6.45, 7) is 0.928. The second-order valence-corrected chi connectivity index (χ2v) is 5.36. The Morgan fingerprint density at radius 2 is 1.96 bits per heavy atom. The van der Waals surface area contributed by atoms with E-state index in [1.165, 1.54) is 0 Å². The van der Waals surface area contributed by atoms with Crippen molar-refractivity contribution in [3.05, 3.63) is 52.8 Å². The van der Waals surface area contributed by atoms with E-state index in [2.05, 4.69) is 14.7 Å². The zero-order chi connectivity index (χ0) is 17.3. The maximum absolute atomic E-state index is 13.2. The number of carbonyl (C=O) groups excluding carboxylic acids is 1. The zero-order valence-electron chi connectivity index (χ0n) is 12.8. The highest BCUT2D eigenvalue weighted by Crippen LogP contribution is 2.32. The van der Waals surface area contributed by atoms with Crippen LogP contribution in [0.4, 0.5) is 19.1 Å². The summed E-state index contributed by atoms with van der Waals surface area (Å²) in [6.07, 6.45) is -3.20. The van der Waals surface area contributed by atoms with Crippen molar-refractivity contribution >= 4 is 11.9 Å². The van der Waals surface area contributed by atoms with Gasteiger partial charge >= 0.3 is 12.1 Å². The SMILES string of the molecule is COC(=O)c1cnc(N2CCc3ccccc3C2)nc1C(F)(F)F. The fourth-order valence-electron chi connectivity index (χ4n) is 2.67. The van der Waals surface area contributed by atoms with Crippen molar-refractivity contribution in [2.24, 2.45) is 0 Å². The molecule has 0 N–H and O–H groups in total. The highest BCUT2D eigenvalue weighted by atomic mass is 19.4. The molecule has 1 aromatic heterocycles.